The number of nitrogens with zero attached hydrogens (tertiary/aromatic N) is 1. The van der Waals surface area contributed by atoms with Crippen LogP contribution in [0.2, 0.25) is 0 Å². The fraction of sp³-hybridized carbons (Fsp3) is 0.0769. The Labute approximate surface area is 108 Å². The number of nitrogen functional groups attached to an aromatic ring is 1. The van der Waals surface area contributed by atoms with E-state index in [2.05, 4.69) is 10.3 Å². The molecule has 0 aliphatic carbocycles. The van der Waals surface area contributed by atoms with Crippen molar-refractivity contribution in [1.82, 2.24) is 4.98 Å². The van der Waals surface area contributed by atoms with E-state index in [9.17, 15) is 9.18 Å². The number of aromatic nitrogens is 1. The van der Waals surface area contributed by atoms with Gasteiger partial charge >= 0.3 is 5.97 Å². The molecule has 0 aliphatic rings. The number of carboxylic acids is 1. The molecule has 5 nitrogen and oxygen atoms in total. The molecule has 0 saturated carbocycles. The molecule has 0 fully saturated rings. The molecule has 0 bridgehead atoms. The lowest BCUT2D eigenvalue weighted by molar-refractivity contribution is 0.0698. The van der Waals surface area contributed by atoms with E-state index < -0.39 is 5.97 Å². The number of rotatable bonds is 3. The molecule has 0 unspecified atom stereocenters. The molecule has 19 heavy (non-hydrogen) atoms. The number of hydrogen-bond acceptors (Lipinski definition) is 4. The monoisotopic (exact) mass is 261 g/mol. The summed E-state index contributed by atoms with van der Waals surface area (Å²) in [5.74, 6) is -1.31. The number of aromatic carboxylic acids is 1. The first-order chi connectivity index (χ1) is 9.00. The lowest BCUT2D eigenvalue weighted by Gasteiger charge is -2.12. The van der Waals surface area contributed by atoms with E-state index in [0.717, 1.165) is 0 Å². The normalized spacial score (nSPS) is 10.2. The van der Waals surface area contributed by atoms with E-state index in [1.807, 2.05) is 0 Å². The van der Waals surface area contributed by atoms with E-state index >= 15 is 0 Å². The number of nitrogens with two attached hydrogens (primary N) is 1. The van der Waals surface area contributed by atoms with Gasteiger partial charge in [-0.1, -0.05) is 6.07 Å². The van der Waals surface area contributed by atoms with Crippen LogP contribution in [0.3, 0.4) is 0 Å². The second kappa shape index (κ2) is 4.93. The fourth-order valence-corrected chi connectivity index (χ4v) is 1.63. The Balaban J connectivity index is 2.42. The van der Waals surface area contributed by atoms with Crippen molar-refractivity contribution in [3.8, 4) is 0 Å². The van der Waals surface area contributed by atoms with Gasteiger partial charge in [0.25, 0.3) is 0 Å². The lowest BCUT2D eigenvalue weighted by Crippen LogP contribution is -2.07. The molecule has 1 heterocycles. The van der Waals surface area contributed by atoms with Crippen LogP contribution in [0.15, 0.2) is 30.5 Å². The largest absolute Gasteiger partial charge is 0.478 e. The van der Waals surface area contributed by atoms with Crippen molar-refractivity contribution in [1.29, 1.82) is 0 Å². The van der Waals surface area contributed by atoms with E-state index in [1.165, 1.54) is 18.3 Å². The van der Waals surface area contributed by atoms with Crippen LogP contribution in [0.25, 0.3) is 0 Å². The van der Waals surface area contributed by atoms with Gasteiger partial charge in [0.05, 0.1) is 11.3 Å². The molecule has 0 spiro atoms. The van der Waals surface area contributed by atoms with Crippen LogP contribution in [0, 0.1) is 12.7 Å². The molecular weight excluding hydrogens is 249 g/mol. The standard InChI is InChI=1S/C13H12FN3O2/c1-7-9(14)3-2-4-10(7)17-12-11(15)8(13(18)19)5-6-16-12/h2-6H,15H2,1H3,(H,16,17)(H,18,19). The van der Waals surface area contributed by atoms with Crippen molar-refractivity contribution < 1.29 is 14.3 Å². The average Bonchev–Trinajstić information content (AvgIpc) is 2.37. The van der Waals surface area contributed by atoms with Gasteiger partial charge in [-0.3, -0.25) is 0 Å². The van der Waals surface area contributed by atoms with E-state index in [0.29, 0.717) is 11.3 Å². The number of benzene rings is 1. The van der Waals surface area contributed by atoms with Gasteiger partial charge in [-0.2, -0.15) is 0 Å². The summed E-state index contributed by atoms with van der Waals surface area (Å²) in [5.41, 5.74) is 6.58. The maximum absolute atomic E-state index is 13.4. The molecule has 0 saturated heterocycles. The van der Waals surface area contributed by atoms with E-state index in [-0.39, 0.29) is 22.9 Å². The summed E-state index contributed by atoms with van der Waals surface area (Å²) in [6, 6.07) is 5.85. The molecular formula is C13H12FN3O2. The van der Waals surface area contributed by atoms with Crippen LogP contribution < -0.4 is 11.1 Å². The topological polar surface area (TPSA) is 88.2 Å². The summed E-state index contributed by atoms with van der Waals surface area (Å²) in [6.45, 7) is 1.61. The van der Waals surface area contributed by atoms with Crippen molar-refractivity contribution in [3.05, 3.63) is 47.4 Å². The zero-order chi connectivity index (χ0) is 14.0. The van der Waals surface area contributed by atoms with Crippen molar-refractivity contribution in [3.63, 3.8) is 0 Å². The summed E-state index contributed by atoms with van der Waals surface area (Å²) in [4.78, 5) is 14.9. The Morgan fingerprint density at radius 3 is 2.84 bits per heavy atom. The number of halogens is 1. The van der Waals surface area contributed by atoms with Gasteiger partial charge < -0.3 is 16.2 Å². The van der Waals surface area contributed by atoms with Crippen LogP contribution >= 0.6 is 0 Å². The zero-order valence-corrected chi connectivity index (χ0v) is 10.1. The first kappa shape index (κ1) is 12.8. The Hall–Kier alpha value is -2.63. The molecule has 0 radical (unpaired) electrons. The zero-order valence-electron chi connectivity index (χ0n) is 10.1. The third kappa shape index (κ3) is 2.47. The highest BCUT2D eigenvalue weighted by atomic mass is 19.1. The number of pyridine rings is 1. The average molecular weight is 261 g/mol. The van der Waals surface area contributed by atoms with Crippen molar-refractivity contribution in [2.45, 2.75) is 6.92 Å². The van der Waals surface area contributed by atoms with Gasteiger partial charge in [-0.15, -0.1) is 0 Å². The molecule has 1 aromatic heterocycles. The molecule has 1 aromatic carbocycles. The fourth-order valence-electron chi connectivity index (χ4n) is 1.63. The van der Waals surface area contributed by atoms with Crippen LogP contribution in [-0.4, -0.2) is 16.1 Å². The Kier molecular flexibility index (Phi) is 3.33. The van der Waals surface area contributed by atoms with Crippen molar-refractivity contribution in [2.75, 3.05) is 11.1 Å². The van der Waals surface area contributed by atoms with Gasteiger partial charge in [0.2, 0.25) is 0 Å². The minimum atomic E-state index is -1.14. The predicted molar refractivity (Wildman–Crippen MR) is 70.0 cm³/mol. The minimum Gasteiger partial charge on any atom is -0.478 e. The summed E-state index contributed by atoms with van der Waals surface area (Å²) < 4.78 is 13.4. The summed E-state index contributed by atoms with van der Waals surface area (Å²) in [5, 5.41) is 11.8. The summed E-state index contributed by atoms with van der Waals surface area (Å²) >= 11 is 0. The molecule has 0 amide bonds. The first-order valence-corrected chi connectivity index (χ1v) is 5.50. The molecule has 6 heteroatoms. The number of anilines is 3. The second-order valence-electron chi connectivity index (χ2n) is 3.96. The predicted octanol–water partition coefficient (Wildman–Crippen LogP) is 2.55. The minimum absolute atomic E-state index is 0.0126. The van der Waals surface area contributed by atoms with Gasteiger partial charge in [0, 0.05) is 17.4 Å². The third-order valence-electron chi connectivity index (χ3n) is 2.74. The second-order valence-corrected chi connectivity index (χ2v) is 3.96. The molecule has 0 aliphatic heterocycles. The van der Waals surface area contributed by atoms with Crippen LogP contribution in [0.5, 0.6) is 0 Å². The van der Waals surface area contributed by atoms with Gasteiger partial charge in [0.15, 0.2) is 5.82 Å². The molecule has 4 N–H and O–H groups in total. The SMILES string of the molecule is Cc1c(F)cccc1Nc1nccc(C(=O)O)c1N. The van der Waals surface area contributed by atoms with E-state index in [4.69, 9.17) is 10.8 Å². The number of carboxylic acid groups (broad SMARTS) is 1. The quantitative estimate of drug-likeness (QED) is 0.790. The third-order valence-corrected chi connectivity index (χ3v) is 2.74. The van der Waals surface area contributed by atoms with E-state index in [1.54, 1.807) is 19.1 Å². The summed E-state index contributed by atoms with van der Waals surface area (Å²) in [6.07, 6.45) is 1.33. The van der Waals surface area contributed by atoms with Gasteiger partial charge in [-0.25, -0.2) is 14.2 Å². The molecule has 2 rings (SSSR count). The molecule has 0 atom stereocenters. The number of nitrogens with one attached hydrogen (secondary N) is 1. The van der Waals surface area contributed by atoms with Gasteiger partial charge in [-0.05, 0) is 25.1 Å². The maximum atomic E-state index is 13.4. The highest BCUT2D eigenvalue weighted by Crippen LogP contribution is 2.26. The Bertz CT molecular complexity index is 644. The highest BCUT2D eigenvalue weighted by Gasteiger charge is 2.13. The smallest absolute Gasteiger partial charge is 0.337 e. The Morgan fingerprint density at radius 2 is 2.16 bits per heavy atom. The summed E-state index contributed by atoms with van der Waals surface area (Å²) in [7, 11) is 0. The highest BCUT2D eigenvalue weighted by molar-refractivity contribution is 5.96. The number of carbonyl (C=O) groups is 1. The van der Waals surface area contributed by atoms with Crippen molar-refractivity contribution in [2.24, 2.45) is 0 Å². The molecule has 98 valence electrons. The van der Waals surface area contributed by atoms with Crippen LogP contribution in [0.4, 0.5) is 21.6 Å². The van der Waals surface area contributed by atoms with Crippen LogP contribution in [-0.2, 0) is 0 Å². The number of hydrogen-bond donors (Lipinski definition) is 3. The van der Waals surface area contributed by atoms with Gasteiger partial charge in [0.1, 0.15) is 5.82 Å². The van der Waals surface area contributed by atoms with Crippen molar-refractivity contribution >= 4 is 23.2 Å². The maximum Gasteiger partial charge on any atom is 0.337 e. The first-order valence-electron chi connectivity index (χ1n) is 5.50. The molecule has 2 aromatic rings. The Morgan fingerprint density at radius 1 is 1.42 bits per heavy atom. The van der Waals surface area contributed by atoms with Crippen LogP contribution in [0.1, 0.15) is 15.9 Å². The lowest BCUT2D eigenvalue weighted by atomic mass is 10.1.